The van der Waals surface area contributed by atoms with Gasteiger partial charge in [0.15, 0.2) is 0 Å². The van der Waals surface area contributed by atoms with Crippen LogP contribution in [0.1, 0.15) is 57.8 Å². The minimum atomic E-state index is -0.789. The molecule has 3 aliphatic heterocycles. The predicted molar refractivity (Wildman–Crippen MR) is 137 cm³/mol. The molecule has 4 aliphatic carbocycles. The molecule has 0 radical (unpaired) electrons. The van der Waals surface area contributed by atoms with Crippen molar-refractivity contribution in [1.29, 1.82) is 0 Å². The molecule has 0 unspecified atom stereocenters. The van der Waals surface area contributed by atoms with Gasteiger partial charge in [-0.25, -0.2) is 0 Å². The molecule has 0 N–H and O–H groups in total. The van der Waals surface area contributed by atoms with E-state index in [2.05, 4.69) is 24.3 Å². The molecule has 0 aromatic carbocycles. The van der Waals surface area contributed by atoms with E-state index in [-0.39, 0.29) is 76.9 Å². The van der Waals surface area contributed by atoms with Crippen LogP contribution in [0.5, 0.6) is 0 Å². The Kier molecular flexibility index (Phi) is 5.85. The zero-order valence-corrected chi connectivity index (χ0v) is 21.9. The van der Waals surface area contributed by atoms with Crippen LogP contribution in [-0.2, 0) is 24.0 Å². The molecule has 0 spiro atoms. The number of rotatable bonds is 7. The number of imide groups is 2. The van der Waals surface area contributed by atoms with Crippen LogP contribution in [0.4, 0.5) is 0 Å². The molecular weight excluding hydrogens is 482 g/mol. The van der Waals surface area contributed by atoms with Gasteiger partial charge in [0.25, 0.3) is 0 Å². The number of hydrogen-bond acceptors (Lipinski definition) is 5. The van der Waals surface area contributed by atoms with E-state index in [4.69, 9.17) is 0 Å². The number of hydrogen-bond donors (Lipinski definition) is 0. The molecule has 5 amide bonds. The molecule has 4 bridgehead atoms. The molecule has 38 heavy (non-hydrogen) atoms. The molecule has 0 aromatic heterocycles. The minimum absolute atomic E-state index is 0.0465. The van der Waals surface area contributed by atoms with E-state index >= 15 is 0 Å². The first-order valence-electron chi connectivity index (χ1n) is 14.8. The van der Waals surface area contributed by atoms with Crippen molar-refractivity contribution >= 4 is 29.5 Å². The van der Waals surface area contributed by atoms with Gasteiger partial charge in [0.05, 0.1) is 23.7 Å². The van der Waals surface area contributed by atoms with Crippen LogP contribution in [0.3, 0.4) is 0 Å². The van der Waals surface area contributed by atoms with Crippen molar-refractivity contribution in [2.45, 2.75) is 63.8 Å². The summed E-state index contributed by atoms with van der Waals surface area (Å²) in [7, 11) is 0. The number of amides is 5. The third kappa shape index (κ3) is 3.51. The fraction of sp³-hybridized carbons (Fsp3) is 0.700. The second kappa shape index (κ2) is 9.16. The fourth-order valence-corrected chi connectivity index (χ4v) is 8.89. The van der Waals surface area contributed by atoms with Crippen molar-refractivity contribution in [3.8, 4) is 0 Å². The lowest BCUT2D eigenvalue weighted by molar-refractivity contribution is -0.152. The first kappa shape index (κ1) is 24.3. The largest absolute Gasteiger partial charge is 0.341 e. The van der Waals surface area contributed by atoms with Crippen LogP contribution in [-0.4, -0.2) is 69.9 Å². The highest BCUT2D eigenvalue weighted by Gasteiger charge is 2.61. The van der Waals surface area contributed by atoms with Gasteiger partial charge in [-0.05, 0) is 68.6 Å². The van der Waals surface area contributed by atoms with Crippen molar-refractivity contribution in [3.05, 3.63) is 24.3 Å². The van der Waals surface area contributed by atoms with Gasteiger partial charge in [-0.1, -0.05) is 37.1 Å². The van der Waals surface area contributed by atoms with Crippen LogP contribution in [0.2, 0.25) is 0 Å². The summed E-state index contributed by atoms with van der Waals surface area (Å²) in [5, 5.41) is 0. The van der Waals surface area contributed by atoms with Gasteiger partial charge in [-0.3, -0.25) is 33.8 Å². The molecule has 0 aromatic rings. The summed E-state index contributed by atoms with van der Waals surface area (Å²) in [4.78, 5) is 71.7. The van der Waals surface area contributed by atoms with Gasteiger partial charge in [0, 0.05) is 19.6 Å². The van der Waals surface area contributed by atoms with Crippen LogP contribution in [0, 0.1) is 47.3 Å². The summed E-state index contributed by atoms with van der Waals surface area (Å²) >= 11 is 0. The lowest BCUT2D eigenvalue weighted by Crippen LogP contribution is -2.52. The number of carbonyl (C=O) groups is 5. The Morgan fingerprint density at radius 1 is 0.684 bits per heavy atom. The highest BCUT2D eigenvalue weighted by molar-refractivity contribution is 6.09. The summed E-state index contributed by atoms with van der Waals surface area (Å²) in [6.07, 6.45) is 15.7. The Labute approximate surface area is 223 Å². The molecule has 5 fully saturated rings. The van der Waals surface area contributed by atoms with Crippen molar-refractivity contribution in [2.24, 2.45) is 47.3 Å². The second-order valence-electron chi connectivity index (χ2n) is 12.6. The summed E-state index contributed by atoms with van der Waals surface area (Å²) in [5.74, 6) is -0.984. The number of likely N-dealkylation sites (tertiary alicyclic amines) is 3. The van der Waals surface area contributed by atoms with Gasteiger partial charge >= 0.3 is 0 Å². The molecule has 2 saturated carbocycles. The predicted octanol–water partition coefficient (Wildman–Crippen LogP) is 2.54. The Bertz CT molecular complexity index is 1080. The Balaban J connectivity index is 1.04. The molecule has 8 nitrogen and oxygen atoms in total. The first-order chi connectivity index (χ1) is 18.5. The Hall–Kier alpha value is -2.77. The highest BCUT2D eigenvalue weighted by atomic mass is 16.2. The standard InChI is InChI=1S/C30H37N3O5/c34-26(31-12-4-1-2-5-13-31)21(33-29(37)24-19-10-11-20(16-19)25(24)30(33)38)7-3-6-14-32-27(35)22-17-8-9-18(15-17)23(22)28(32)36/h8-11,17-25H,1-7,12-16H2/t17-,18-,19-,20-,21-,22+,23+,24-,25+/m0/s1. The van der Waals surface area contributed by atoms with E-state index in [0.29, 0.717) is 38.9 Å². The zero-order chi connectivity index (χ0) is 26.1. The molecule has 9 atom stereocenters. The SMILES string of the molecule is O=C([C@H](CCCCN1C(=O)[C@H]2[C@H](C1=O)[C@H]1C=C[C@H]2C1)N1C(=O)[C@@H]2[C@H](C1=O)[C@H]1C=C[C@H]2C1)N1CCCCCC1. The van der Waals surface area contributed by atoms with E-state index in [1.807, 2.05) is 4.90 Å². The van der Waals surface area contributed by atoms with Crippen LogP contribution in [0.15, 0.2) is 24.3 Å². The van der Waals surface area contributed by atoms with E-state index in [0.717, 1.165) is 38.5 Å². The number of carbonyl (C=O) groups excluding carboxylic acids is 5. The summed E-state index contributed by atoms with van der Waals surface area (Å²) < 4.78 is 0. The third-order valence-corrected chi connectivity index (χ3v) is 10.7. The summed E-state index contributed by atoms with van der Waals surface area (Å²) in [5.41, 5.74) is 0. The maximum Gasteiger partial charge on any atom is 0.245 e. The van der Waals surface area contributed by atoms with Crippen LogP contribution < -0.4 is 0 Å². The average molecular weight is 520 g/mol. The topological polar surface area (TPSA) is 95.1 Å². The first-order valence-corrected chi connectivity index (χ1v) is 14.8. The lowest BCUT2D eigenvalue weighted by Gasteiger charge is -2.32. The van der Waals surface area contributed by atoms with Gasteiger partial charge in [0.1, 0.15) is 6.04 Å². The number of unbranched alkanes of at least 4 members (excludes halogenated alkanes) is 1. The van der Waals surface area contributed by atoms with Crippen molar-refractivity contribution < 1.29 is 24.0 Å². The molecule has 8 heteroatoms. The minimum Gasteiger partial charge on any atom is -0.341 e. The lowest BCUT2D eigenvalue weighted by atomic mass is 9.85. The summed E-state index contributed by atoms with van der Waals surface area (Å²) in [6, 6.07) is -0.789. The second-order valence-corrected chi connectivity index (χ2v) is 12.6. The Morgan fingerprint density at radius 3 is 1.66 bits per heavy atom. The molecule has 7 rings (SSSR count). The Morgan fingerprint density at radius 2 is 1.16 bits per heavy atom. The fourth-order valence-electron chi connectivity index (χ4n) is 8.89. The molecule has 202 valence electrons. The van der Waals surface area contributed by atoms with Gasteiger partial charge in [0.2, 0.25) is 29.5 Å². The van der Waals surface area contributed by atoms with Crippen molar-refractivity contribution in [2.75, 3.05) is 19.6 Å². The third-order valence-electron chi connectivity index (χ3n) is 10.7. The molecule has 3 saturated heterocycles. The zero-order valence-electron chi connectivity index (χ0n) is 21.9. The van der Waals surface area contributed by atoms with E-state index in [1.54, 1.807) is 0 Å². The van der Waals surface area contributed by atoms with Gasteiger partial charge in [-0.2, -0.15) is 0 Å². The van der Waals surface area contributed by atoms with Crippen LogP contribution >= 0.6 is 0 Å². The molecular formula is C30H37N3O5. The number of nitrogens with zero attached hydrogens (tertiary/aromatic N) is 3. The normalized spacial score (nSPS) is 39.5. The quantitative estimate of drug-likeness (QED) is 0.293. The van der Waals surface area contributed by atoms with Crippen molar-refractivity contribution in [3.63, 3.8) is 0 Å². The average Bonchev–Trinajstić information content (AvgIpc) is 3.74. The van der Waals surface area contributed by atoms with Crippen LogP contribution in [0.25, 0.3) is 0 Å². The maximum absolute atomic E-state index is 13.8. The summed E-state index contributed by atoms with van der Waals surface area (Å²) in [6.45, 7) is 1.68. The van der Waals surface area contributed by atoms with Gasteiger partial charge in [-0.15, -0.1) is 0 Å². The smallest absolute Gasteiger partial charge is 0.245 e. The number of allylic oxidation sites excluding steroid dienone is 4. The van der Waals surface area contributed by atoms with Gasteiger partial charge < -0.3 is 4.90 Å². The highest BCUT2D eigenvalue weighted by Crippen LogP contribution is 2.54. The van der Waals surface area contributed by atoms with E-state index in [1.165, 1.54) is 9.80 Å². The van der Waals surface area contributed by atoms with Crippen molar-refractivity contribution in [1.82, 2.24) is 14.7 Å². The van der Waals surface area contributed by atoms with E-state index in [9.17, 15) is 24.0 Å². The molecule has 3 heterocycles. The molecule has 7 aliphatic rings. The monoisotopic (exact) mass is 519 g/mol. The van der Waals surface area contributed by atoms with E-state index < -0.39 is 6.04 Å². The maximum atomic E-state index is 13.8. The number of fused-ring (bicyclic) bond motifs is 10.